The fourth-order valence-electron chi connectivity index (χ4n) is 3.69. The average molecular weight is 280 g/mol. The Bertz CT molecular complexity index is 384. The maximum Gasteiger partial charge on any atom is 0.248 e. The summed E-state index contributed by atoms with van der Waals surface area (Å²) < 4.78 is 0. The minimum Gasteiger partial charge on any atom is -0.340 e. The monoisotopic (exact) mass is 280 g/mol. The van der Waals surface area contributed by atoms with Gasteiger partial charge in [-0.3, -0.25) is 9.59 Å². The first-order valence-corrected chi connectivity index (χ1v) is 8.01. The maximum atomic E-state index is 12.6. The predicted octanol–water partition coefficient (Wildman–Crippen LogP) is 2.47. The Morgan fingerprint density at radius 1 is 1.20 bits per heavy atom. The second kappa shape index (κ2) is 5.74. The fourth-order valence-corrected chi connectivity index (χ4v) is 3.69. The molecule has 2 aliphatic rings. The van der Waals surface area contributed by atoms with Gasteiger partial charge >= 0.3 is 0 Å². The van der Waals surface area contributed by atoms with Crippen LogP contribution in [0.1, 0.15) is 66.2 Å². The lowest BCUT2D eigenvalue weighted by Crippen LogP contribution is -2.69. The van der Waals surface area contributed by atoms with E-state index in [4.69, 9.17) is 0 Å². The van der Waals surface area contributed by atoms with E-state index in [1.807, 2.05) is 11.8 Å². The first-order chi connectivity index (χ1) is 9.36. The summed E-state index contributed by atoms with van der Waals surface area (Å²) in [6, 6.07) is -0.0841. The summed E-state index contributed by atoms with van der Waals surface area (Å²) in [7, 11) is 0. The molecule has 4 nitrogen and oxygen atoms in total. The summed E-state index contributed by atoms with van der Waals surface area (Å²) in [5, 5.41) is 2.82. The van der Waals surface area contributed by atoms with Crippen molar-refractivity contribution in [3.63, 3.8) is 0 Å². The van der Waals surface area contributed by atoms with Gasteiger partial charge in [-0.1, -0.05) is 19.8 Å². The van der Waals surface area contributed by atoms with E-state index >= 15 is 0 Å². The van der Waals surface area contributed by atoms with Crippen LogP contribution in [0.2, 0.25) is 0 Å². The largest absolute Gasteiger partial charge is 0.340 e. The summed E-state index contributed by atoms with van der Waals surface area (Å²) in [5.41, 5.74) is -0.760. The van der Waals surface area contributed by atoms with Gasteiger partial charge in [0.25, 0.3) is 0 Å². The molecule has 0 radical (unpaired) electrons. The smallest absolute Gasteiger partial charge is 0.248 e. The summed E-state index contributed by atoms with van der Waals surface area (Å²) in [6.07, 6.45) is 7.01. The minimum atomic E-state index is -0.760. The molecule has 2 rings (SSSR count). The minimum absolute atomic E-state index is 0.0229. The van der Waals surface area contributed by atoms with Crippen molar-refractivity contribution in [3.05, 3.63) is 0 Å². The van der Waals surface area contributed by atoms with Crippen molar-refractivity contribution >= 4 is 11.8 Å². The lowest BCUT2D eigenvalue weighted by Gasteiger charge is -2.47. The van der Waals surface area contributed by atoms with Gasteiger partial charge in [0.1, 0.15) is 11.6 Å². The van der Waals surface area contributed by atoms with Crippen LogP contribution in [0.5, 0.6) is 0 Å². The van der Waals surface area contributed by atoms with Crippen LogP contribution in [-0.4, -0.2) is 34.3 Å². The molecule has 4 heteroatoms. The van der Waals surface area contributed by atoms with Crippen molar-refractivity contribution in [1.82, 2.24) is 10.2 Å². The standard InChI is InChI=1S/C16H28N2O2/c1-5-6-12-7-9-13(10-8-12)18-11(2)14(19)17-16(3,4)15(18)20/h11-13H,5-10H2,1-4H3,(H,17,19). The van der Waals surface area contributed by atoms with E-state index in [0.717, 1.165) is 18.8 Å². The zero-order chi connectivity index (χ0) is 14.9. The second-order valence-electron chi connectivity index (χ2n) is 6.97. The van der Waals surface area contributed by atoms with Gasteiger partial charge < -0.3 is 10.2 Å². The Morgan fingerprint density at radius 3 is 2.35 bits per heavy atom. The van der Waals surface area contributed by atoms with Gasteiger partial charge in [0.15, 0.2) is 0 Å². The van der Waals surface area contributed by atoms with Crippen molar-refractivity contribution in [2.45, 2.75) is 83.8 Å². The highest BCUT2D eigenvalue weighted by Gasteiger charge is 2.46. The molecule has 1 saturated heterocycles. The van der Waals surface area contributed by atoms with E-state index in [2.05, 4.69) is 12.2 Å². The number of carbonyl (C=O) groups is 2. The zero-order valence-electron chi connectivity index (χ0n) is 13.2. The predicted molar refractivity (Wildman–Crippen MR) is 79.2 cm³/mol. The van der Waals surface area contributed by atoms with Crippen molar-refractivity contribution in [1.29, 1.82) is 0 Å². The lowest BCUT2D eigenvalue weighted by atomic mass is 9.81. The highest BCUT2D eigenvalue weighted by Crippen LogP contribution is 2.33. The van der Waals surface area contributed by atoms with Crippen LogP contribution in [0, 0.1) is 5.92 Å². The Labute approximate surface area is 122 Å². The Hall–Kier alpha value is -1.06. The Morgan fingerprint density at radius 2 is 1.80 bits per heavy atom. The van der Waals surface area contributed by atoms with E-state index in [9.17, 15) is 9.59 Å². The number of rotatable bonds is 3. The van der Waals surface area contributed by atoms with Crippen LogP contribution in [0.3, 0.4) is 0 Å². The van der Waals surface area contributed by atoms with Crippen LogP contribution in [-0.2, 0) is 9.59 Å². The first-order valence-electron chi connectivity index (χ1n) is 8.01. The van der Waals surface area contributed by atoms with E-state index in [0.29, 0.717) is 0 Å². The third-order valence-corrected chi connectivity index (χ3v) is 4.91. The van der Waals surface area contributed by atoms with E-state index in [-0.39, 0.29) is 23.9 Å². The molecular formula is C16H28N2O2. The van der Waals surface area contributed by atoms with Crippen molar-refractivity contribution < 1.29 is 9.59 Å². The number of nitrogens with one attached hydrogen (secondary N) is 1. The van der Waals surface area contributed by atoms with Crippen molar-refractivity contribution in [2.24, 2.45) is 5.92 Å². The van der Waals surface area contributed by atoms with E-state index in [1.165, 1.54) is 25.7 Å². The quantitative estimate of drug-likeness (QED) is 0.863. The zero-order valence-corrected chi connectivity index (χ0v) is 13.2. The molecule has 1 saturated carbocycles. The molecule has 1 N–H and O–H groups in total. The summed E-state index contributed by atoms with van der Waals surface area (Å²) in [5.74, 6) is 0.863. The van der Waals surface area contributed by atoms with Crippen molar-refractivity contribution in [2.75, 3.05) is 0 Å². The van der Waals surface area contributed by atoms with Crippen LogP contribution in [0.15, 0.2) is 0 Å². The van der Waals surface area contributed by atoms with Gasteiger partial charge in [-0.05, 0) is 52.4 Å². The number of amides is 2. The lowest BCUT2D eigenvalue weighted by molar-refractivity contribution is -0.156. The SMILES string of the molecule is CCCC1CCC(N2C(=O)C(C)(C)NC(=O)C2C)CC1. The molecule has 0 aromatic heterocycles. The normalized spacial score (nSPS) is 34.0. The number of hydrogen-bond donors (Lipinski definition) is 1. The molecule has 1 unspecified atom stereocenters. The topological polar surface area (TPSA) is 49.4 Å². The van der Waals surface area contributed by atoms with E-state index in [1.54, 1.807) is 13.8 Å². The number of piperazine rings is 1. The van der Waals surface area contributed by atoms with Gasteiger partial charge in [0.2, 0.25) is 11.8 Å². The van der Waals surface area contributed by atoms with Gasteiger partial charge in [-0.25, -0.2) is 0 Å². The molecule has 2 amide bonds. The van der Waals surface area contributed by atoms with Crippen LogP contribution < -0.4 is 5.32 Å². The average Bonchev–Trinajstić information content (AvgIpc) is 2.39. The highest BCUT2D eigenvalue weighted by molar-refractivity contribution is 5.99. The summed E-state index contributed by atoms with van der Waals surface area (Å²) >= 11 is 0. The van der Waals surface area contributed by atoms with Crippen molar-refractivity contribution in [3.8, 4) is 0 Å². The Balaban J connectivity index is 2.07. The molecule has 2 fully saturated rings. The first kappa shape index (κ1) is 15.3. The van der Waals surface area contributed by atoms with Crippen LogP contribution in [0.25, 0.3) is 0 Å². The molecule has 1 aliphatic carbocycles. The summed E-state index contributed by atoms with van der Waals surface area (Å²) in [4.78, 5) is 26.6. The van der Waals surface area contributed by atoms with Gasteiger partial charge in [0, 0.05) is 6.04 Å². The van der Waals surface area contributed by atoms with Crippen LogP contribution >= 0.6 is 0 Å². The third-order valence-electron chi connectivity index (χ3n) is 4.91. The number of carbonyl (C=O) groups excluding carboxylic acids is 2. The van der Waals surface area contributed by atoms with E-state index < -0.39 is 5.54 Å². The van der Waals surface area contributed by atoms with Crippen LogP contribution in [0.4, 0.5) is 0 Å². The molecule has 0 bridgehead atoms. The molecule has 1 atom stereocenters. The third kappa shape index (κ3) is 2.84. The molecule has 1 heterocycles. The molecule has 114 valence electrons. The second-order valence-corrected chi connectivity index (χ2v) is 6.97. The summed E-state index contributed by atoms with van der Waals surface area (Å²) in [6.45, 7) is 7.68. The van der Waals surface area contributed by atoms with Gasteiger partial charge in [-0.15, -0.1) is 0 Å². The molecular weight excluding hydrogens is 252 g/mol. The molecule has 20 heavy (non-hydrogen) atoms. The highest BCUT2D eigenvalue weighted by atomic mass is 16.2. The number of hydrogen-bond acceptors (Lipinski definition) is 2. The van der Waals surface area contributed by atoms with Gasteiger partial charge in [-0.2, -0.15) is 0 Å². The number of nitrogens with zero attached hydrogens (tertiary/aromatic N) is 1. The molecule has 1 aliphatic heterocycles. The fraction of sp³-hybridized carbons (Fsp3) is 0.875. The Kier molecular flexibility index (Phi) is 4.40. The van der Waals surface area contributed by atoms with Gasteiger partial charge in [0.05, 0.1) is 0 Å². The molecule has 0 aromatic rings. The molecule has 0 spiro atoms. The maximum absolute atomic E-state index is 12.6. The molecule has 0 aromatic carbocycles.